The molecule has 0 saturated carbocycles. The molecule has 4 atom stereocenters. The van der Waals surface area contributed by atoms with Gasteiger partial charge in [-0.2, -0.15) is 5.10 Å². The lowest BCUT2D eigenvalue weighted by Crippen LogP contribution is -2.55. The summed E-state index contributed by atoms with van der Waals surface area (Å²) < 4.78 is 34.9. The van der Waals surface area contributed by atoms with E-state index in [0.29, 0.717) is 12.0 Å². The molecule has 5 rings (SSSR count). The van der Waals surface area contributed by atoms with E-state index in [1.54, 1.807) is 76.2 Å². The van der Waals surface area contributed by atoms with E-state index in [9.17, 15) is 37.2 Å². The zero-order valence-corrected chi connectivity index (χ0v) is 38.3. The van der Waals surface area contributed by atoms with Crippen LogP contribution in [0, 0.1) is 0 Å². The van der Waals surface area contributed by atoms with Crippen LogP contribution in [0.5, 0.6) is 0 Å². The predicted octanol–water partition coefficient (Wildman–Crippen LogP) is 3.79. The molecule has 7 N–H and O–H groups in total. The van der Waals surface area contributed by atoms with E-state index in [0.717, 1.165) is 16.0 Å². The number of amides is 7. The number of benzene rings is 4. The number of nitrogens with one attached hydrogen (secondary N) is 7. The van der Waals surface area contributed by atoms with E-state index in [1.165, 1.54) is 19.2 Å². The van der Waals surface area contributed by atoms with Gasteiger partial charge in [-0.05, 0) is 62.4 Å². The van der Waals surface area contributed by atoms with Crippen LogP contribution in [-0.4, -0.2) is 98.6 Å². The minimum atomic E-state index is -4.07. The molecule has 1 heterocycles. The number of carbonyl (C=O) groups excluding carboxylic acids is 6. The van der Waals surface area contributed by atoms with Gasteiger partial charge in [-0.3, -0.25) is 24.1 Å². The zero-order chi connectivity index (χ0) is 47.9. The maximum Gasteiger partial charge on any atom is 0.411 e. The maximum absolute atomic E-state index is 14.4. The Hall–Kier alpha value is -7.12. The van der Waals surface area contributed by atoms with Crippen LogP contribution in [0.2, 0.25) is 0 Å². The number of likely N-dealkylation sites (tertiary alicyclic amines) is 1. The fraction of sp³-hybridized carbons (Fsp3) is 0.340. The van der Waals surface area contributed by atoms with E-state index < -0.39 is 93.8 Å². The normalized spacial score (nSPS) is 16.0. The van der Waals surface area contributed by atoms with Gasteiger partial charge in [0.25, 0.3) is 5.91 Å². The molecule has 4 aromatic rings. The highest BCUT2D eigenvalue weighted by molar-refractivity contribution is 7.89. The van der Waals surface area contributed by atoms with Gasteiger partial charge in [-0.25, -0.2) is 28.2 Å². The second-order valence-corrected chi connectivity index (χ2v) is 18.1. The van der Waals surface area contributed by atoms with Gasteiger partial charge in [0.05, 0.1) is 23.5 Å². The highest BCUT2D eigenvalue weighted by atomic mass is 32.2. The van der Waals surface area contributed by atoms with Gasteiger partial charge in [-0.15, -0.1) is 0 Å². The van der Waals surface area contributed by atoms with Gasteiger partial charge >= 0.3 is 12.1 Å². The van der Waals surface area contributed by atoms with Crippen molar-refractivity contribution >= 4 is 51.5 Å². The number of likely N-dealkylation sites (N-methyl/N-ethyl adjacent to an activating group) is 1. The fourth-order valence-corrected chi connectivity index (χ4v) is 8.44. The number of hydrazone groups is 1. The van der Waals surface area contributed by atoms with Crippen LogP contribution in [0.3, 0.4) is 0 Å². The van der Waals surface area contributed by atoms with E-state index in [2.05, 4.69) is 41.8 Å². The van der Waals surface area contributed by atoms with Crippen molar-refractivity contribution < 1.29 is 41.9 Å². The average Bonchev–Trinajstić information content (AvgIpc) is 3.73. The van der Waals surface area contributed by atoms with E-state index in [4.69, 9.17) is 4.74 Å². The van der Waals surface area contributed by atoms with Gasteiger partial charge in [0, 0.05) is 19.6 Å². The summed E-state index contributed by atoms with van der Waals surface area (Å²) >= 11 is 0. The molecule has 4 aromatic carbocycles. The van der Waals surface area contributed by atoms with Crippen LogP contribution in [-0.2, 0) is 33.9 Å². The SMILES string of the molecule is CCC[C@H](NC(=O)C1C[C@@H](NS(=O)(=O)c2ccccc2)CN1C(=O)OC(C)(C)C)C(=NNC(=O)NC(c1ccccc1)c1ccccc1)C(=O)NCC(=O)N[C@H](C(=O)NC)c1ccccc1. The molecule has 1 unspecified atom stereocenters. The number of nitrogens with zero attached hydrogens (tertiary/aromatic N) is 2. The summed E-state index contributed by atoms with van der Waals surface area (Å²) in [4.78, 5) is 83.0. The van der Waals surface area contributed by atoms with Crippen LogP contribution in [0.25, 0.3) is 0 Å². The Labute approximate surface area is 384 Å². The molecule has 1 aliphatic heterocycles. The number of urea groups is 1. The van der Waals surface area contributed by atoms with E-state index in [-0.39, 0.29) is 24.3 Å². The second-order valence-electron chi connectivity index (χ2n) is 16.4. The summed E-state index contributed by atoms with van der Waals surface area (Å²) in [5.74, 6) is -2.96. The maximum atomic E-state index is 14.4. The Kier molecular flexibility index (Phi) is 17.5. The highest BCUT2D eigenvalue weighted by Gasteiger charge is 2.44. The molecule has 0 aromatic heterocycles. The van der Waals surface area contributed by atoms with E-state index >= 15 is 0 Å². The standard InChI is InChI=1S/C47H57N9O9S/c1-6-19-36(50-42(58)37-28-34(30-56(37)46(62)65-47(2,3)4)55-66(63,64)35-26-17-10-18-27-35)41(44(60)49-29-38(57)51-40(43(59)48-5)33-24-15-9-16-25-33)53-54-45(61)52-39(31-20-11-7-12-21-31)32-22-13-8-14-23-32/h7-18,20-27,34,36-37,39-40,55H,6,19,28-30H2,1-5H3,(H,48,59)(H,49,60)(H,50,58)(H,51,57)(H2,52,54,61)/t34-,36+,37?,40+/m1/s1. The average molecular weight is 924 g/mol. The lowest BCUT2D eigenvalue weighted by molar-refractivity contribution is -0.129. The van der Waals surface area contributed by atoms with Crippen molar-refractivity contribution in [2.45, 2.75) is 87.7 Å². The molecule has 1 saturated heterocycles. The van der Waals surface area contributed by atoms with Gasteiger partial charge < -0.3 is 31.3 Å². The third-order valence-corrected chi connectivity index (χ3v) is 11.8. The highest BCUT2D eigenvalue weighted by Crippen LogP contribution is 2.25. The molecule has 19 heteroatoms. The van der Waals surface area contributed by atoms with Crippen LogP contribution >= 0.6 is 0 Å². The molecule has 7 amide bonds. The first-order chi connectivity index (χ1) is 31.5. The van der Waals surface area contributed by atoms with Crippen LogP contribution in [0.4, 0.5) is 9.59 Å². The first kappa shape index (κ1) is 49.9. The number of hydrogen-bond donors (Lipinski definition) is 7. The molecule has 0 aliphatic carbocycles. The number of hydrogen-bond acceptors (Lipinski definition) is 10. The first-order valence-corrected chi connectivity index (χ1v) is 22.9. The summed E-state index contributed by atoms with van der Waals surface area (Å²) in [6.45, 7) is 5.87. The number of ether oxygens (including phenoxy) is 1. The van der Waals surface area contributed by atoms with Crippen LogP contribution in [0.1, 0.15) is 75.7 Å². The van der Waals surface area contributed by atoms with Crippen molar-refractivity contribution in [1.82, 2.24) is 41.6 Å². The van der Waals surface area contributed by atoms with Crippen molar-refractivity contribution in [3.8, 4) is 0 Å². The van der Waals surface area contributed by atoms with Crippen LogP contribution in [0.15, 0.2) is 131 Å². The fourth-order valence-electron chi connectivity index (χ4n) is 7.18. The topological polar surface area (TPSA) is 246 Å². The van der Waals surface area contributed by atoms with Crippen molar-refractivity contribution in [3.05, 3.63) is 138 Å². The summed E-state index contributed by atoms with van der Waals surface area (Å²) in [5, 5.41) is 17.5. The lowest BCUT2D eigenvalue weighted by atomic mass is 9.99. The van der Waals surface area contributed by atoms with Gasteiger partial charge in [-0.1, -0.05) is 123 Å². The molecular weight excluding hydrogens is 867 g/mol. The summed E-state index contributed by atoms with van der Waals surface area (Å²) in [7, 11) is -2.65. The number of carbonyl (C=O) groups is 6. The molecule has 1 aliphatic rings. The van der Waals surface area contributed by atoms with Gasteiger partial charge in [0.2, 0.25) is 27.7 Å². The van der Waals surface area contributed by atoms with Gasteiger partial charge in [0.15, 0.2) is 0 Å². The Bertz CT molecular complexity index is 2400. The second kappa shape index (κ2) is 23.2. The van der Waals surface area contributed by atoms with Crippen molar-refractivity contribution in [2.75, 3.05) is 20.1 Å². The Morgan fingerprint density at radius 2 is 1.32 bits per heavy atom. The minimum Gasteiger partial charge on any atom is -0.444 e. The van der Waals surface area contributed by atoms with Crippen molar-refractivity contribution in [3.63, 3.8) is 0 Å². The summed E-state index contributed by atoms with van der Waals surface area (Å²) in [6.07, 6.45) is -0.577. The monoisotopic (exact) mass is 923 g/mol. The first-order valence-electron chi connectivity index (χ1n) is 21.4. The quantitative estimate of drug-likeness (QED) is 0.0566. The molecule has 18 nitrogen and oxygen atoms in total. The van der Waals surface area contributed by atoms with Crippen molar-refractivity contribution in [2.24, 2.45) is 5.10 Å². The Morgan fingerprint density at radius 1 is 0.773 bits per heavy atom. The van der Waals surface area contributed by atoms with Crippen molar-refractivity contribution in [1.29, 1.82) is 0 Å². The molecular formula is C47H57N9O9S. The molecule has 350 valence electrons. The Balaban J connectivity index is 1.43. The third-order valence-electron chi connectivity index (χ3n) is 10.2. The molecule has 0 radical (unpaired) electrons. The summed E-state index contributed by atoms with van der Waals surface area (Å²) in [5.41, 5.74) is 3.02. The summed E-state index contributed by atoms with van der Waals surface area (Å²) in [6, 6.07) is 28.5. The third kappa shape index (κ3) is 14.2. The molecule has 0 spiro atoms. The molecule has 0 bridgehead atoms. The largest absolute Gasteiger partial charge is 0.444 e. The lowest BCUT2D eigenvalue weighted by Gasteiger charge is -2.29. The zero-order valence-electron chi connectivity index (χ0n) is 37.4. The number of rotatable bonds is 18. The number of sulfonamides is 1. The minimum absolute atomic E-state index is 0.00936. The van der Waals surface area contributed by atoms with E-state index in [1.807, 2.05) is 60.7 Å². The van der Waals surface area contributed by atoms with Crippen LogP contribution < -0.4 is 36.7 Å². The molecule has 66 heavy (non-hydrogen) atoms. The smallest absolute Gasteiger partial charge is 0.411 e. The molecule has 1 fully saturated rings. The van der Waals surface area contributed by atoms with Gasteiger partial charge in [0.1, 0.15) is 23.4 Å². The Morgan fingerprint density at radius 3 is 1.85 bits per heavy atom. The predicted molar refractivity (Wildman–Crippen MR) is 247 cm³/mol.